The van der Waals surface area contributed by atoms with Crippen LogP contribution in [0.2, 0.25) is 5.28 Å². The van der Waals surface area contributed by atoms with Gasteiger partial charge in [0.1, 0.15) is 11.3 Å². The second-order valence-electron chi connectivity index (χ2n) is 5.57. The third-order valence-corrected chi connectivity index (χ3v) is 4.25. The van der Waals surface area contributed by atoms with Gasteiger partial charge in [-0.25, -0.2) is 4.98 Å². The average Bonchev–Trinajstić information content (AvgIpc) is 2.90. The number of halogens is 1. The Bertz CT molecular complexity index is 792. The average molecular weight is 306 g/mol. The molecule has 1 aliphatic rings. The largest absolute Gasteiger partial charge is 0.293 e. The van der Waals surface area contributed by atoms with Crippen molar-refractivity contribution in [2.24, 2.45) is 0 Å². The van der Waals surface area contributed by atoms with E-state index in [2.05, 4.69) is 9.97 Å². The van der Waals surface area contributed by atoms with Gasteiger partial charge in [-0.15, -0.1) is 0 Å². The zero-order valence-electron chi connectivity index (χ0n) is 12.0. The van der Waals surface area contributed by atoms with Crippen LogP contribution in [0.1, 0.15) is 54.7 Å². The highest BCUT2D eigenvalue weighted by Crippen LogP contribution is 2.31. The molecule has 2 heterocycles. The maximum Gasteiger partial charge on any atom is 0.252 e. The first-order valence-electron chi connectivity index (χ1n) is 7.09. The van der Waals surface area contributed by atoms with E-state index >= 15 is 0 Å². The molecular formula is C15H16ClN3O2. The Morgan fingerprint density at radius 3 is 2.62 bits per heavy atom. The lowest BCUT2D eigenvalue weighted by Gasteiger charge is -2.18. The summed E-state index contributed by atoms with van der Waals surface area (Å²) >= 11 is 5.96. The molecule has 0 spiro atoms. The van der Waals surface area contributed by atoms with Gasteiger partial charge in [0, 0.05) is 19.0 Å². The van der Waals surface area contributed by atoms with Crippen LogP contribution in [0.15, 0.2) is 10.9 Å². The third kappa shape index (κ3) is 2.35. The maximum absolute atomic E-state index is 12.4. The molecule has 5 nitrogen and oxygen atoms in total. The van der Waals surface area contributed by atoms with Crippen LogP contribution in [0.25, 0.3) is 11.0 Å². The number of aromatic nitrogens is 3. The highest BCUT2D eigenvalue weighted by molar-refractivity contribution is 6.29. The van der Waals surface area contributed by atoms with E-state index in [4.69, 9.17) is 11.6 Å². The van der Waals surface area contributed by atoms with Gasteiger partial charge in [-0.3, -0.25) is 14.2 Å². The van der Waals surface area contributed by atoms with E-state index in [1.54, 1.807) is 17.6 Å². The fraction of sp³-hybridized carbons (Fsp3) is 0.467. The molecular weight excluding hydrogens is 290 g/mol. The number of aryl methyl sites for hydroxylation is 1. The molecule has 0 radical (unpaired) electrons. The molecule has 110 valence electrons. The number of pyridine rings is 1. The lowest BCUT2D eigenvalue weighted by Crippen LogP contribution is -2.25. The zero-order chi connectivity index (χ0) is 15.1. The monoisotopic (exact) mass is 305 g/mol. The van der Waals surface area contributed by atoms with Gasteiger partial charge in [-0.1, -0.05) is 12.8 Å². The van der Waals surface area contributed by atoms with Crippen LogP contribution in [-0.4, -0.2) is 20.3 Å². The number of hydrogen-bond donors (Lipinski definition) is 0. The number of Topliss-reactive ketones (excluding diaryl/α,β-unsaturated/α-hetero) is 1. The van der Waals surface area contributed by atoms with Crippen LogP contribution in [0.5, 0.6) is 0 Å². The summed E-state index contributed by atoms with van der Waals surface area (Å²) in [5, 5.41) is 0.642. The zero-order valence-corrected chi connectivity index (χ0v) is 12.8. The van der Waals surface area contributed by atoms with E-state index in [-0.39, 0.29) is 28.4 Å². The van der Waals surface area contributed by atoms with E-state index in [0.717, 1.165) is 25.7 Å². The van der Waals surface area contributed by atoms with Crippen molar-refractivity contribution in [3.05, 3.63) is 33.0 Å². The number of rotatable bonds is 2. The topological polar surface area (TPSA) is 64.8 Å². The molecule has 6 heteroatoms. The summed E-state index contributed by atoms with van der Waals surface area (Å²) in [7, 11) is 0. The number of carbonyl (C=O) groups excluding carboxylic acids is 1. The molecule has 0 N–H and O–H groups in total. The predicted octanol–water partition coefficient (Wildman–Crippen LogP) is 3.07. The smallest absolute Gasteiger partial charge is 0.252 e. The van der Waals surface area contributed by atoms with Gasteiger partial charge < -0.3 is 0 Å². The van der Waals surface area contributed by atoms with Gasteiger partial charge in [0.25, 0.3) is 5.56 Å². The first kappa shape index (κ1) is 14.2. The molecule has 1 aliphatic carbocycles. The number of ketones is 1. The van der Waals surface area contributed by atoms with Gasteiger partial charge in [0.05, 0.1) is 5.39 Å². The fourth-order valence-electron chi connectivity index (χ4n) is 3.16. The highest BCUT2D eigenvalue weighted by atomic mass is 35.5. The highest BCUT2D eigenvalue weighted by Gasteiger charge is 2.23. The summed E-state index contributed by atoms with van der Waals surface area (Å²) in [5.74, 6) is -0.177. The van der Waals surface area contributed by atoms with E-state index < -0.39 is 0 Å². The van der Waals surface area contributed by atoms with Crippen LogP contribution in [-0.2, 0) is 0 Å². The van der Waals surface area contributed by atoms with E-state index in [9.17, 15) is 9.59 Å². The van der Waals surface area contributed by atoms with Crippen molar-refractivity contribution in [2.45, 2.75) is 45.6 Å². The number of carbonyl (C=O) groups is 1. The molecule has 0 atom stereocenters. The normalized spacial score (nSPS) is 15.8. The lowest BCUT2D eigenvalue weighted by molar-refractivity contribution is 0.101. The Morgan fingerprint density at radius 2 is 2.00 bits per heavy atom. The summed E-state index contributed by atoms with van der Waals surface area (Å²) < 4.78 is 1.69. The van der Waals surface area contributed by atoms with Crippen molar-refractivity contribution in [1.29, 1.82) is 0 Å². The molecule has 0 saturated heterocycles. The summed E-state index contributed by atoms with van der Waals surface area (Å²) in [4.78, 5) is 32.6. The lowest BCUT2D eigenvalue weighted by atomic mass is 10.1. The molecule has 2 aromatic heterocycles. The SMILES string of the molecule is CC(=O)c1nc(Cl)nc2c1c(C)cc(=O)n2C1CCCC1. The van der Waals surface area contributed by atoms with Crippen molar-refractivity contribution < 1.29 is 4.79 Å². The Morgan fingerprint density at radius 1 is 1.33 bits per heavy atom. The molecule has 1 saturated carbocycles. The fourth-order valence-corrected chi connectivity index (χ4v) is 3.33. The van der Waals surface area contributed by atoms with Crippen LogP contribution >= 0.6 is 11.6 Å². The van der Waals surface area contributed by atoms with Gasteiger partial charge in [-0.05, 0) is 36.9 Å². The second kappa shape index (κ2) is 5.22. The second-order valence-corrected chi connectivity index (χ2v) is 5.91. The molecule has 21 heavy (non-hydrogen) atoms. The minimum atomic E-state index is -0.177. The molecule has 2 aromatic rings. The van der Waals surface area contributed by atoms with Crippen molar-refractivity contribution >= 4 is 28.4 Å². The van der Waals surface area contributed by atoms with Crippen LogP contribution in [0, 0.1) is 6.92 Å². The van der Waals surface area contributed by atoms with Crippen molar-refractivity contribution in [3.8, 4) is 0 Å². The van der Waals surface area contributed by atoms with Crippen LogP contribution in [0.4, 0.5) is 0 Å². The first-order valence-corrected chi connectivity index (χ1v) is 7.47. The maximum atomic E-state index is 12.4. The Hall–Kier alpha value is -1.75. The Balaban J connectivity index is 2.43. The van der Waals surface area contributed by atoms with Crippen LogP contribution in [0.3, 0.4) is 0 Å². The molecule has 3 rings (SSSR count). The van der Waals surface area contributed by atoms with E-state index in [0.29, 0.717) is 16.6 Å². The van der Waals surface area contributed by atoms with Gasteiger partial charge in [-0.2, -0.15) is 4.98 Å². The summed E-state index contributed by atoms with van der Waals surface area (Å²) in [6.45, 7) is 3.25. The number of hydrogen-bond acceptors (Lipinski definition) is 4. The minimum absolute atomic E-state index is 0.00412. The molecule has 0 aliphatic heterocycles. The number of nitrogens with zero attached hydrogens (tertiary/aromatic N) is 3. The van der Waals surface area contributed by atoms with Crippen molar-refractivity contribution in [3.63, 3.8) is 0 Å². The molecule has 0 amide bonds. The van der Waals surface area contributed by atoms with Gasteiger partial charge in [0.15, 0.2) is 5.78 Å². The predicted molar refractivity (Wildman–Crippen MR) is 81.1 cm³/mol. The number of fused-ring (bicyclic) bond motifs is 1. The molecule has 0 unspecified atom stereocenters. The standard InChI is InChI=1S/C15H16ClN3O2/c1-8-7-11(21)19(10-5-3-4-6-10)14-12(8)13(9(2)20)17-15(16)18-14/h7,10H,3-6H2,1-2H3. The Labute approximate surface area is 127 Å². The Kier molecular flexibility index (Phi) is 3.53. The van der Waals surface area contributed by atoms with Crippen molar-refractivity contribution in [2.75, 3.05) is 0 Å². The summed E-state index contributed by atoms with van der Waals surface area (Å²) in [6.07, 6.45) is 4.11. The van der Waals surface area contributed by atoms with Crippen molar-refractivity contribution in [1.82, 2.24) is 14.5 Å². The third-order valence-electron chi connectivity index (χ3n) is 4.09. The molecule has 1 fully saturated rings. The van der Waals surface area contributed by atoms with Gasteiger partial charge in [0.2, 0.25) is 5.28 Å². The van der Waals surface area contributed by atoms with Gasteiger partial charge >= 0.3 is 0 Å². The first-order chi connectivity index (χ1) is 9.99. The minimum Gasteiger partial charge on any atom is -0.293 e. The quantitative estimate of drug-likeness (QED) is 0.632. The summed E-state index contributed by atoms with van der Waals surface area (Å²) in [5.41, 5.74) is 1.40. The molecule has 0 bridgehead atoms. The van der Waals surface area contributed by atoms with E-state index in [1.165, 1.54) is 6.92 Å². The van der Waals surface area contributed by atoms with Crippen LogP contribution < -0.4 is 5.56 Å². The summed E-state index contributed by atoms with van der Waals surface area (Å²) in [6, 6.07) is 1.69. The van der Waals surface area contributed by atoms with E-state index in [1.807, 2.05) is 0 Å². The molecule has 0 aromatic carbocycles.